The Morgan fingerprint density at radius 1 is 1.29 bits per heavy atom. The second-order valence-corrected chi connectivity index (χ2v) is 7.58. The Morgan fingerprint density at radius 3 is 2.52 bits per heavy atom. The van der Waals surface area contributed by atoms with Crippen LogP contribution >= 0.6 is 0 Å². The lowest BCUT2D eigenvalue weighted by atomic mass is 9.90. The van der Waals surface area contributed by atoms with Crippen LogP contribution in [0.25, 0.3) is 0 Å². The summed E-state index contributed by atoms with van der Waals surface area (Å²) in [6.45, 7) is 6.56. The molecule has 1 saturated heterocycles. The molecule has 0 amide bonds. The summed E-state index contributed by atoms with van der Waals surface area (Å²) in [6, 6.07) is 1.15. The van der Waals surface area contributed by atoms with E-state index in [1.165, 1.54) is 32.8 Å². The lowest BCUT2D eigenvalue weighted by Gasteiger charge is -2.39. The van der Waals surface area contributed by atoms with Crippen LogP contribution in [-0.2, 0) is 9.53 Å². The third-order valence-electron chi connectivity index (χ3n) is 5.50. The van der Waals surface area contributed by atoms with Crippen molar-refractivity contribution in [2.45, 2.75) is 70.0 Å². The molecule has 0 aromatic carbocycles. The standard InChI is InChI=1S/C17H30N2O2/c1-12(2)15-5-4-10-19(15)11-17(13-6-7-13,16(20)21-3)18-14-8-9-14/h12-15,18H,4-11H2,1-3H3. The van der Waals surface area contributed by atoms with Crippen LogP contribution < -0.4 is 5.32 Å². The molecule has 2 aliphatic carbocycles. The molecule has 2 unspecified atom stereocenters. The quantitative estimate of drug-likeness (QED) is 0.731. The van der Waals surface area contributed by atoms with Crippen molar-refractivity contribution < 1.29 is 9.53 Å². The molecule has 1 aliphatic heterocycles. The van der Waals surface area contributed by atoms with Crippen molar-refractivity contribution in [1.82, 2.24) is 10.2 Å². The minimum absolute atomic E-state index is 0.0358. The normalized spacial score (nSPS) is 29.6. The lowest BCUT2D eigenvalue weighted by molar-refractivity contribution is -0.151. The monoisotopic (exact) mass is 294 g/mol. The molecule has 0 spiro atoms. The first-order valence-electron chi connectivity index (χ1n) is 8.67. The second-order valence-electron chi connectivity index (χ2n) is 7.58. The molecule has 1 heterocycles. The number of methoxy groups -OCH3 is 1. The van der Waals surface area contributed by atoms with Crippen LogP contribution in [0.3, 0.4) is 0 Å². The molecular weight excluding hydrogens is 264 g/mol. The zero-order valence-electron chi connectivity index (χ0n) is 13.7. The van der Waals surface area contributed by atoms with Crippen LogP contribution in [0.4, 0.5) is 0 Å². The first-order chi connectivity index (χ1) is 10.1. The molecule has 3 aliphatic rings. The summed E-state index contributed by atoms with van der Waals surface area (Å²) < 4.78 is 5.22. The van der Waals surface area contributed by atoms with Crippen molar-refractivity contribution in [3.63, 3.8) is 0 Å². The van der Waals surface area contributed by atoms with Crippen LogP contribution in [0.15, 0.2) is 0 Å². The number of carbonyl (C=O) groups is 1. The van der Waals surface area contributed by atoms with Gasteiger partial charge in [0.25, 0.3) is 0 Å². The van der Waals surface area contributed by atoms with Crippen LogP contribution in [0.1, 0.15) is 52.4 Å². The smallest absolute Gasteiger partial charge is 0.327 e. The summed E-state index contributed by atoms with van der Waals surface area (Å²) in [4.78, 5) is 15.2. The highest BCUT2D eigenvalue weighted by Gasteiger charge is 2.55. The average Bonchev–Trinajstić information content (AvgIpc) is 3.36. The predicted octanol–water partition coefficient (Wildman–Crippen LogP) is 2.18. The van der Waals surface area contributed by atoms with Gasteiger partial charge >= 0.3 is 5.97 Å². The highest BCUT2D eigenvalue weighted by Crippen LogP contribution is 2.43. The van der Waals surface area contributed by atoms with Crippen molar-refractivity contribution in [2.75, 3.05) is 20.2 Å². The van der Waals surface area contributed by atoms with E-state index in [1.54, 1.807) is 0 Å². The SMILES string of the molecule is COC(=O)C(CN1CCCC1C(C)C)(NC1CC1)C1CC1. The van der Waals surface area contributed by atoms with Gasteiger partial charge in [-0.25, -0.2) is 4.79 Å². The fourth-order valence-corrected chi connectivity index (χ4v) is 4.06. The minimum Gasteiger partial charge on any atom is -0.468 e. The molecule has 120 valence electrons. The van der Waals surface area contributed by atoms with E-state index in [4.69, 9.17) is 4.74 Å². The van der Waals surface area contributed by atoms with E-state index in [0.29, 0.717) is 23.9 Å². The zero-order valence-corrected chi connectivity index (χ0v) is 13.7. The Bertz CT molecular complexity index is 390. The number of hydrogen-bond acceptors (Lipinski definition) is 4. The molecule has 4 nitrogen and oxygen atoms in total. The highest BCUT2D eigenvalue weighted by molar-refractivity contribution is 5.82. The van der Waals surface area contributed by atoms with E-state index >= 15 is 0 Å². The molecule has 21 heavy (non-hydrogen) atoms. The molecule has 2 saturated carbocycles. The van der Waals surface area contributed by atoms with Gasteiger partial charge in [-0.2, -0.15) is 0 Å². The maximum absolute atomic E-state index is 12.6. The Labute approximate surface area is 128 Å². The van der Waals surface area contributed by atoms with Crippen molar-refractivity contribution in [1.29, 1.82) is 0 Å². The van der Waals surface area contributed by atoms with Gasteiger partial charge in [0.05, 0.1) is 7.11 Å². The van der Waals surface area contributed by atoms with Crippen molar-refractivity contribution in [3.05, 3.63) is 0 Å². The molecule has 0 aromatic heterocycles. The predicted molar refractivity (Wildman–Crippen MR) is 83.1 cm³/mol. The summed E-state index contributed by atoms with van der Waals surface area (Å²) >= 11 is 0. The Balaban J connectivity index is 1.78. The van der Waals surface area contributed by atoms with Gasteiger partial charge in [0.15, 0.2) is 0 Å². The number of likely N-dealkylation sites (tertiary alicyclic amines) is 1. The molecule has 1 N–H and O–H groups in total. The van der Waals surface area contributed by atoms with Gasteiger partial charge in [-0.05, 0) is 56.9 Å². The van der Waals surface area contributed by atoms with Gasteiger partial charge < -0.3 is 4.74 Å². The molecule has 3 rings (SSSR count). The minimum atomic E-state index is -0.451. The summed E-state index contributed by atoms with van der Waals surface area (Å²) in [6.07, 6.45) is 7.26. The lowest BCUT2D eigenvalue weighted by Crippen LogP contribution is -2.62. The van der Waals surface area contributed by atoms with Crippen LogP contribution in [0.5, 0.6) is 0 Å². The highest BCUT2D eigenvalue weighted by atomic mass is 16.5. The van der Waals surface area contributed by atoms with E-state index in [0.717, 1.165) is 25.9 Å². The molecule has 4 heteroatoms. The Hall–Kier alpha value is -0.610. The Morgan fingerprint density at radius 2 is 2.00 bits per heavy atom. The largest absolute Gasteiger partial charge is 0.468 e. The maximum atomic E-state index is 12.6. The Kier molecular flexibility index (Phi) is 4.28. The first-order valence-corrected chi connectivity index (χ1v) is 8.67. The third-order valence-corrected chi connectivity index (χ3v) is 5.50. The van der Waals surface area contributed by atoms with Gasteiger partial charge in [-0.15, -0.1) is 0 Å². The summed E-state index contributed by atoms with van der Waals surface area (Å²) in [5, 5.41) is 3.69. The van der Waals surface area contributed by atoms with E-state index in [9.17, 15) is 4.79 Å². The van der Waals surface area contributed by atoms with E-state index in [1.807, 2.05) is 0 Å². The van der Waals surface area contributed by atoms with Crippen molar-refractivity contribution in [3.8, 4) is 0 Å². The molecule has 0 radical (unpaired) electrons. The molecule has 0 aromatic rings. The fraction of sp³-hybridized carbons (Fsp3) is 0.941. The van der Waals surface area contributed by atoms with Crippen LogP contribution in [-0.4, -0.2) is 48.7 Å². The topological polar surface area (TPSA) is 41.6 Å². The second kappa shape index (κ2) is 5.88. The van der Waals surface area contributed by atoms with Crippen molar-refractivity contribution >= 4 is 5.97 Å². The van der Waals surface area contributed by atoms with Crippen molar-refractivity contribution in [2.24, 2.45) is 11.8 Å². The van der Waals surface area contributed by atoms with Crippen LogP contribution in [0, 0.1) is 11.8 Å². The average molecular weight is 294 g/mol. The maximum Gasteiger partial charge on any atom is 0.327 e. The summed E-state index contributed by atoms with van der Waals surface area (Å²) in [5.74, 6) is 1.09. The molecule has 0 bridgehead atoms. The number of hydrogen-bond donors (Lipinski definition) is 1. The molecular formula is C17H30N2O2. The summed E-state index contributed by atoms with van der Waals surface area (Å²) in [5.41, 5.74) is -0.451. The van der Waals surface area contributed by atoms with Gasteiger partial charge in [0, 0.05) is 18.6 Å². The number of nitrogens with zero attached hydrogens (tertiary/aromatic N) is 1. The first kappa shape index (κ1) is 15.3. The van der Waals surface area contributed by atoms with E-state index in [-0.39, 0.29) is 5.97 Å². The molecule has 3 fully saturated rings. The third kappa shape index (κ3) is 3.11. The van der Waals surface area contributed by atoms with Gasteiger partial charge in [-0.1, -0.05) is 13.8 Å². The van der Waals surface area contributed by atoms with Gasteiger partial charge in [-0.3, -0.25) is 10.2 Å². The van der Waals surface area contributed by atoms with E-state index < -0.39 is 5.54 Å². The van der Waals surface area contributed by atoms with Gasteiger partial charge in [0.2, 0.25) is 0 Å². The zero-order chi connectivity index (χ0) is 15.0. The fourth-order valence-electron chi connectivity index (χ4n) is 4.06. The number of nitrogens with one attached hydrogen (secondary N) is 1. The number of rotatable bonds is 7. The summed E-state index contributed by atoms with van der Waals surface area (Å²) in [7, 11) is 1.54. The van der Waals surface area contributed by atoms with Gasteiger partial charge in [0.1, 0.15) is 5.54 Å². The number of carbonyl (C=O) groups excluding carboxylic acids is 1. The van der Waals surface area contributed by atoms with Crippen LogP contribution in [0.2, 0.25) is 0 Å². The number of ether oxygens (including phenoxy) is 1. The molecule has 2 atom stereocenters. The number of esters is 1. The van der Waals surface area contributed by atoms with E-state index in [2.05, 4.69) is 24.1 Å².